The number of hydrogen-bond acceptors (Lipinski definition) is 10. The van der Waals surface area contributed by atoms with Gasteiger partial charge in [-0.1, -0.05) is 27.7 Å². The van der Waals surface area contributed by atoms with E-state index in [1.54, 1.807) is 0 Å². The monoisotopic (exact) mass is 658 g/mol. The average molecular weight is 659 g/mol. The van der Waals surface area contributed by atoms with E-state index in [2.05, 4.69) is 51.3 Å². The van der Waals surface area contributed by atoms with Crippen LogP contribution in [-0.2, 0) is 26.6 Å². The Morgan fingerprint density at radius 3 is 1.27 bits per heavy atom. The zero-order chi connectivity index (χ0) is 32.3. The molecule has 0 N–H and O–H groups in total. The van der Waals surface area contributed by atoms with Crippen LogP contribution in [0.3, 0.4) is 0 Å². The van der Waals surface area contributed by atoms with Crippen molar-refractivity contribution >= 4 is 29.0 Å². The summed E-state index contributed by atoms with van der Waals surface area (Å²) in [5, 5.41) is 0. The molecule has 2 rings (SSSR count). The van der Waals surface area contributed by atoms with E-state index in [9.17, 15) is 0 Å². The van der Waals surface area contributed by atoms with Crippen molar-refractivity contribution in [1.82, 2.24) is 9.80 Å². The van der Waals surface area contributed by atoms with Gasteiger partial charge in [0.1, 0.15) is 0 Å². The molecule has 2 heterocycles. The van der Waals surface area contributed by atoms with Crippen LogP contribution in [0.2, 0.25) is 12.1 Å². The Hall–Kier alpha value is -0.546. The molecule has 2 saturated heterocycles. The van der Waals surface area contributed by atoms with Crippen molar-refractivity contribution in [2.24, 2.45) is 21.8 Å². The molecule has 12 heteroatoms. The van der Waals surface area contributed by atoms with Gasteiger partial charge in [-0.3, -0.25) is 19.8 Å². The van der Waals surface area contributed by atoms with E-state index in [1.165, 1.54) is 11.4 Å². The first kappa shape index (κ1) is 39.6. The molecule has 0 spiro atoms. The fraction of sp³-hybridized carbons (Fsp3) is 0.938. The summed E-state index contributed by atoms with van der Waals surface area (Å²) < 4.78 is 37.9. The van der Waals surface area contributed by atoms with Crippen molar-refractivity contribution in [2.75, 3.05) is 92.0 Å². The normalized spacial score (nSPS) is 21.3. The largest absolute Gasteiger partial charge is 0.501 e. The third-order valence-electron chi connectivity index (χ3n) is 7.83. The summed E-state index contributed by atoms with van der Waals surface area (Å²) in [6.45, 7) is 28.1. The molecule has 258 valence electrons. The molecular formula is C32H66N4O6Si2. The minimum absolute atomic E-state index is 0.615. The summed E-state index contributed by atoms with van der Waals surface area (Å²) in [6.07, 6.45) is 3.98. The Bertz CT molecular complexity index is 747. The second-order valence-electron chi connectivity index (χ2n) is 12.9. The van der Waals surface area contributed by atoms with E-state index in [4.69, 9.17) is 36.5 Å². The maximum Gasteiger partial charge on any atom is 0.501 e. The van der Waals surface area contributed by atoms with Gasteiger partial charge in [0.15, 0.2) is 0 Å². The van der Waals surface area contributed by atoms with Crippen LogP contribution in [-0.4, -0.2) is 131 Å². The quantitative estimate of drug-likeness (QED) is 0.103. The Labute approximate surface area is 272 Å². The molecule has 2 fully saturated rings. The third kappa shape index (κ3) is 16.3. The standard InChI is InChI=1S/C32H66N4O6Si2/c1-9-37-43(25-11-13-33-31(7)27-29(3)4)39-21-17-35(18-22-40-43)15-16-36-19-23-41-44(38-10-2,42-24-20-36)26-12-14-34-32(8)28-30(5)6/h29-30H,9-28H2,1-8H3. The Morgan fingerprint density at radius 2 is 0.977 bits per heavy atom. The molecular weight excluding hydrogens is 593 g/mol. The van der Waals surface area contributed by atoms with Crippen LogP contribution >= 0.6 is 0 Å². The minimum atomic E-state index is -2.67. The van der Waals surface area contributed by atoms with Gasteiger partial charge >= 0.3 is 17.6 Å². The van der Waals surface area contributed by atoms with Gasteiger partial charge in [0.25, 0.3) is 0 Å². The fourth-order valence-electron chi connectivity index (χ4n) is 5.84. The molecule has 0 amide bonds. The van der Waals surface area contributed by atoms with Gasteiger partial charge in [0.05, 0.1) is 26.4 Å². The zero-order valence-corrected chi connectivity index (χ0v) is 31.5. The first-order chi connectivity index (χ1) is 21.1. The van der Waals surface area contributed by atoms with E-state index in [1.807, 2.05) is 13.8 Å². The van der Waals surface area contributed by atoms with Crippen molar-refractivity contribution in [3.8, 4) is 0 Å². The zero-order valence-electron chi connectivity index (χ0n) is 29.5. The molecule has 2 aliphatic rings. The Balaban J connectivity index is 1.75. The second-order valence-corrected chi connectivity index (χ2v) is 18.4. The maximum absolute atomic E-state index is 6.39. The lowest BCUT2D eigenvalue weighted by molar-refractivity contribution is 0.0138. The molecule has 0 unspecified atom stereocenters. The highest BCUT2D eigenvalue weighted by Crippen LogP contribution is 2.22. The highest BCUT2D eigenvalue weighted by atomic mass is 28.4. The van der Waals surface area contributed by atoms with E-state index in [-0.39, 0.29) is 0 Å². The van der Waals surface area contributed by atoms with Gasteiger partial charge in [-0.05, 0) is 65.2 Å². The van der Waals surface area contributed by atoms with Crippen molar-refractivity contribution in [3.63, 3.8) is 0 Å². The lowest BCUT2D eigenvalue weighted by Gasteiger charge is -2.36. The number of hydrogen-bond donors (Lipinski definition) is 0. The predicted molar refractivity (Wildman–Crippen MR) is 185 cm³/mol. The fourth-order valence-corrected chi connectivity index (χ4v) is 10.9. The van der Waals surface area contributed by atoms with Gasteiger partial charge in [0, 0.05) is 89.1 Å². The van der Waals surface area contributed by atoms with Crippen molar-refractivity contribution in [3.05, 3.63) is 0 Å². The van der Waals surface area contributed by atoms with Gasteiger partial charge in [-0.2, -0.15) is 0 Å². The van der Waals surface area contributed by atoms with Crippen LogP contribution in [0.1, 0.15) is 81.1 Å². The van der Waals surface area contributed by atoms with Gasteiger partial charge < -0.3 is 26.6 Å². The number of nitrogens with zero attached hydrogens (tertiary/aromatic N) is 4. The number of aliphatic imine (C=N–C) groups is 2. The van der Waals surface area contributed by atoms with Crippen LogP contribution in [0.15, 0.2) is 9.98 Å². The summed E-state index contributed by atoms with van der Waals surface area (Å²) in [5.74, 6) is 1.28. The van der Waals surface area contributed by atoms with Crippen molar-refractivity contribution in [1.29, 1.82) is 0 Å². The molecule has 0 aromatic rings. The molecule has 0 aromatic heterocycles. The van der Waals surface area contributed by atoms with Gasteiger partial charge in [0.2, 0.25) is 0 Å². The third-order valence-corrected chi connectivity index (χ3v) is 13.8. The molecule has 0 radical (unpaired) electrons. The summed E-state index contributed by atoms with van der Waals surface area (Å²) in [5.41, 5.74) is 2.45. The minimum Gasteiger partial charge on any atom is -0.374 e. The summed E-state index contributed by atoms with van der Waals surface area (Å²) in [6, 6.07) is 1.65. The van der Waals surface area contributed by atoms with Gasteiger partial charge in [-0.25, -0.2) is 0 Å². The molecule has 0 bridgehead atoms. The van der Waals surface area contributed by atoms with Gasteiger partial charge in [-0.15, -0.1) is 0 Å². The molecule has 0 saturated carbocycles. The average Bonchev–Trinajstić information content (AvgIpc) is 2.92. The van der Waals surface area contributed by atoms with Crippen molar-refractivity contribution < 1.29 is 26.6 Å². The molecule has 0 atom stereocenters. The highest BCUT2D eigenvalue weighted by molar-refractivity contribution is 6.61. The van der Waals surface area contributed by atoms with Crippen LogP contribution in [0.25, 0.3) is 0 Å². The molecule has 0 aromatic carbocycles. The first-order valence-electron chi connectivity index (χ1n) is 17.4. The lowest BCUT2D eigenvalue weighted by atomic mass is 10.1. The Morgan fingerprint density at radius 1 is 0.636 bits per heavy atom. The molecule has 10 nitrogen and oxygen atoms in total. The molecule has 0 aliphatic carbocycles. The van der Waals surface area contributed by atoms with E-state index < -0.39 is 17.6 Å². The van der Waals surface area contributed by atoms with Crippen LogP contribution in [0.4, 0.5) is 0 Å². The SMILES string of the molecule is CCO[Si]1(CCCN=C(C)CC(C)C)OCCN(CCN2CCO[Si](CCCN=C(C)CC(C)C)(OCC)OCC2)CCO1. The topological polar surface area (TPSA) is 86.6 Å². The molecule has 2 aliphatic heterocycles. The van der Waals surface area contributed by atoms with Crippen molar-refractivity contribution in [2.45, 2.75) is 93.2 Å². The first-order valence-corrected chi connectivity index (χ1v) is 21.3. The van der Waals surface area contributed by atoms with Crippen LogP contribution in [0, 0.1) is 11.8 Å². The van der Waals surface area contributed by atoms with E-state index in [0.717, 1.165) is 90.1 Å². The summed E-state index contributed by atoms with van der Waals surface area (Å²) in [4.78, 5) is 14.4. The Kier molecular flexibility index (Phi) is 19.9. The molecule has 44 heavy (non-hydrogen) atoms. The summed E-state index contributed by atoms with van der Waals surface area (Å²) in [7, 11) is -5.33. The van der Waals surface area contributed by atoms with E-state index >= 15 is 0 Å². The second kappa shape index (κ2) is 22.1. The smallest absolute Gasteiger partial charge is 0.374 e. The van der Waals surface area contributed by atoms with Crippen LogP contribution < -0.4 is 0 Å². The predicted octanol–water partition coefficient (Wildman–Crippen LogP) is 5.43. The lowest BCUT2D eigenvalue weighted by Crippen LogP contribution is -2.53. The maximum atomic E-state index is 6.39. The number of rotatable bonds is 19. The van der Waals surface area contributed by atoms with Crippen LogP contribution in [0.5, 0.6) is 0 Å². The van der Waals surface area contributed by atoms with E-state index in [0.29, 0.717) is 51.5 Å². The highest BCUT2D eigenvalue weighted by Gasteiger charge is 2.42. The summed E-state index contributed by atoms with van der Waals surface area (Å²) >= 11 is 0.